The maximum atomic E-state index is 13.0. The van der Waals surface area contributed by atoms with Crippen LogP contribution in [-0.2, 0) is 11.2 Å². The van der Waals surface area contributed by atoms with Gasteiger partial charge in [-0.2, -0.15) is 0 Å². The fourth-order valence-electron chi connectivity index (χ4n) is 3.42. The van der Waals surface area contributed by atoms with Crippen LogP contribution in [0.15, 0.2) is 60.7 Å². The van der Waals surface area contributed by atoms with E-state index in [1.807, 2.05) is 36.4 Å². The molecule has 1 aliphatic rings. The van der Waals surface area contributed by atoms with Crippen LogP contribution < -0.4 is 14.8 Å². The summed E-state index contributed by atoms with van der Waals surface area (Å²) in [5.41, 5.74) is 3.87. The lowest BCUT2D eigenvalue weighted by Crippen LogP contribution is -2.15. The van der Waals surface area contributed by atoms with Gasteiger partial charge in [-0.3, -0.25) is 4.79 Å². The fraction of sp³-hybridized carbons (Fsp3) is 0.130. The number of carbonyl (C=O) groups excluding carboxylic acids is 1. The highest BCUT2D eigenvalue weighted by molar-refractivity contribution is 5.93. The molecule has 3 aromatic carbocycles. The molecule has 0 unspecified atom stereocenters. The van der Waals surface area contributed by atoms with Gasteiger partial charge < -0.3 is 19.8 Å². The van der Waals surface area contributed by atoms with Crippen LogP contribution in [0.3, 0.4) is 0 Å². The van der Waals surface area contributed by atoms with Crippen LogP contribution >= 0.6 is 0 Å². The van der Waals surface area contributed by atoms with Crippen molar-refractivity contribution in [1.29, 1.82) is 0 Å². The number of halogens is 1. The number of amides is 1. The third-order valence-electron chi connectivity index (χ3n) is 4.84. The highest BCUT2D eigenvalue weighted by Crippen LogP contribution is 2.35. The van der Waals surface area contributed by atoms with Crippen molar-refractivity contribution in [3.05, 3.63) is 72.0 Å². The number of aromatic amines is 1. The average Bonchev–Trinajstić information content (AvgIpc) is 3.17. The Labute approximate surface area is 171 Å². The zero-order valence-electron chi connectivity index (χ0n) is 15.9. The number of fused-ring (bicyclic) bond motifs is 2. The van der Waals surface area contributed by atoms with E-state index in [1.54, 1.807) is 12.1 Å². The zero-order chi connectivity index (χ0) is 20.5. The normalized spacial score (nSPS) is 12.7. The molecule has 0 fully saturated rings. The van der Waals surface area contributed by atoms with Gasteiger partial charge in [0.2, 0.25) is 5.91 Å². The summed E-state index contributed by atoms with van der Waals surface area (Å²) in [6.07, 6.45) is 0.167. The van der Waals surface area contributed by atoms with Gasteiger partial charge in [0.1, 0.15) is 24.9 Å². The number of imidazole rings is 1. The molecule has 0 atom stereocenters. The Morgan fingerprint density at radius 3 is 2.60 bits per heavy atom. The molecule has 0 saturated heterocycles. The number of anilines is 1. The third kappa shape index (κ3) is 3.69. The highest BCUT2D eigenvalue weighted by Gasteiger charge is 2.15. The SMILES string of the molecule is O=C(Cc1ccc(F)cc1)Nc1cccc(-c2nc3cc4c(cc3[nH]2)OCCO4)c1. The highest BCUT2D eigenvalue weighted by atomic mass is 19.1. The maximum Gasteiger partial charge on any atom is 0.228 e. The molecule has 4 aromatic rings. The summed E-state index contributed by atoms with van der Waals surface area (Å²) in [5, 5.41) is 2.88. The van der Waals surface area contributed by atoms with Gasteiger partial charge in [0.05, 0.1) is 17.5 Å². The molecule has 150 valence electrons. The Bertz CT molecular complexity index is 1190. The topological polar surface area (TPSA) is 76.2 Å². The summed E-state index contributed by atoms with van der Waals surface area (Å²) in [6.45, 7) is 1.05. The van der Waals surface area contributed by atoms with Crippen LogP contribution in [0.2, 0.25) is 0 Å². The Morgan fingerprint density at radius 2 is 1.80 bits per heavy atom. The summed E-state index contributed by atoms with van der Waals surface area (Å²) in [6, 6.07) is 17.1. The van der Waals surface area contributed by atoms with Crippen LogP contribution in [0.4, 0.5) is 10.1 Å². The number of hydrogen-bond acceptors (Lipinski definition) is 4. The molecule has 0 bridgehead atoms. The van der Waals surface area contributed by atoms with Crippen molar-refractivity contribution < 1.29 is 18.7 Å². The summed E-state index contributed by atoms with van der Waals surface area (Å²) in [7, 11) is 0. The standard InChI is InChI=1S/C23H18FN3O3/c24-16-6-4-14(5-7-16)10-22(28)25-17-3-1-2-15(11-17)23-26-18-12-20-21(13-19(18)27-23)30-9-8-29-20/h1-7,11-13H,8-10H2,(H,25,28)(H,26,27). The van der Waals surface area contributed by atoms with Gasteiger partial charge in [-0.15, -0.1) is 0 Å². The van der Waals surface area contributed by atoms with E-state index in [0.717, 1.165) is 22.2 Å². The second kappa shape index (κ2) is 7.51. The molecule has 2 heterocycles. The number of nitrogens with zero attached hydrogens (tertiary/aromatic N) is 1. The predicted molar refractivity (Wildman–Crippen MR) is 111 cm³/mol. The molecule has 1 aliphatic heterocycles. The van der Waals surface area contributed by atoms with E-state index in [0.29, 0.717) is 36.2 Å². The minimum Gasteiger partial charge on any atom is -0.486 e. The van der Waals surface area contributed by atoms with E-state index < -0.39 is 0 Å². The van der Waals surface area contributed by atoms with Crippen LogP contribution in [0.5, 0.6) is 11.5 Å². The van der Waals surface area contributed by atoms with E-state index in [2.05, 4.69) is 15.3 Å². The summed E-state index contributed by atoms with van der Waals surface area (Å²) < 4.78 is 24.3. The minimum atomic E-state index is -0.323. The van der Waals surface area contributed by atoms with Gasteiger partial charge in [-0.05, 0) is 29.8 Å². The number of carbonyl (C=O) groups is 1. The summed E-state index contributed by atoms with van der Waals surface area (Å²) in [5.74, 6) is 1.57. The number of aromatic nitrogens is 2. The largest absolute Gasteiger partial charge is 0.486 e. The van der Waals surface area contributed by atoms with Crippen molar-refractivity contribution >= 4 is 22.6 Å². The third-order valence-corrected chi connectivity index (χ3v) is 4.84. The molecule has 5 rings (SSSR count). The molecule has 1 aromatic heterocycles. The Balaban J connectivity index is 1.36. The first kappa shape index (κ1) is 18.2. The summed E-state index contributed by atoms with van der Waals surface area (Å²) in [4.78, 5) is 20.3. The van der Waals surface area contributed by atoms with E-state index in [1.165, 1.54) is 12.1 Å². The molecule has 0 spiro atoms. The van der Waals surface area contributed by atoms with Crippen molar-refractivity contribution in [2.24, 2.45) is 0 Å². The number of H-pyrrole nitrogens is 1. The fourth-order valence-corrected chi connectivity index (χ4v) is 3.42. The van der Waals surface area contributed by atoms with Crippen LogP contribution in [0.1, 0.15) is 5.56 Å². The zero-order valence-corrected chi connectivity index (χ0v) is 15.9. The monoisotopic (exact) mass is 403 g/mol. The van der Waals surface area contributed by atoms with Crippen molar-refractivity contribution in [3.8, 4) is 22.9 Å². The van der Waals surface area contributed by atoms with Crippen molar-refractivity contribution in [1.82, 2.24) is 9.97 Å². The first-order valence-corrected chi connectivity index (χ1v) is 9.58. The number of hydrogen-bond donors (Lipinski definition) is 2. The quantitative estimate of drug-likeness (QED) is 0.532. The Hall–Kier alpha value is -3.87. The molecule has 2 N–H and O–H groups in total. The lowest BCUT2D eigenvalue weighted by molar-refractivity contribution is -0.115. The number of ether oxygens (including phenoxy) is 2. The molecule has 0 aliphatic carbocycles. The number of nitrogens with one attached hydrogen (secondary N) is 2. The molecule has 1 amide bonds. The first-order chi connectivity index (χ1) is 14.6. The van der Waals surface area contributed by atoms with E-state index in [-0.39, 0.29) is 18.1 Å². The molecule has 0 radical (unpaired) electrons. The minimum absolute atomic E-state index is 0.167. The molecular weight excluding hydrogens is 385 g/mol. The second-order valence-corrected chi connectivity index (χ2v) is 7.03. The number of rotatable bonds is 4. The Kier molecular flexibility index (Phi) is 4.55. The van der Waals surface area contributed by atoms with Crippen LogP contribution in [0.25, 0.3) is 22.4 Å². The number of benzene rings is 3. The smallest absolute Gasteiger partial charge is 0.228 e. The van der Waals surface area contributed by atoms with Gasteiger partial charge in [0.25, 0.3) is 0 Å². The Morgan fingerprint density at radius 1 is 1.03 bits per heavy atom. The van der Waals surface area contributed by atoms with Gasteiger partial charge in [0.15, 0.2) is 11.5 Å². The van der Waals surface area contributed by atoms with Crippen molar-refractivity contribution in [3.63, 3.8) is 0 Å². The van der Waals surface area contributed by atoms with Crippen molar-refractivity contribution in [2.75, 3.05) is 18.5 Å². The van der Waals surface area contributed by atoms with E-state index in [9.17, 15) is 9.18 Å². The molecular formula is C23H18FN3O3. The second-order valence-electron chi connectivity index (χ2n) is 7.03. The molecule has 0 saturated carbocycles. The summed E-state index contributed by atoms with van der Waals surface area (Å²) >= 11 is 0. The molecule has 30 heavy (non-hydrogen) atoms. The first-order valence-electron chi connectivity index (χ1n) is 9.58. The van der Waals surface area contributed by atoms with Gasteiger partial charge in [0, 0.05) is 23.4 Å². The predicted octanol–water partition coefficient (Wildman–Crippen LogP) is 4.32. The lowest BCUT2D eigenvalue weighted by atomic mass is 10.1. The van der Waals surface area contributed by atoms with Gasteiger partial charge >= 0.3 is 0 Å². The van der Waals surface area contributed by atoms with Gasteiger partial charge in [-0.1, -0.05) is 24.3 Å². The average molecular weight is 403 g/mol. The lowest BCUT2D eigenvalue weighted by Gasteiger charge is -2.17. The van der Waals surface area contributed by atoms with Crippen LogP contribution in [0, 0.1) is 5.82 Å². The maximum absolute atomic E-state index is 13.0. The molecule has 6 nitrogen and oxygen atoms in total. The molecule has 7 heteroatoms. The van der Waals surface area contributed by atoms with Gasteiger partial charge in [-0.25, -0.2) is 9.37 Å². The van der Waals surface area contributed by atoms with Crippen LogP contribution in [-0.4, -0.2) is 29.1 Å². The van der Waals surface area contributed by atoms with Crippen molar-refractivity contribution in [2.45, 2.75) is 6.42 Å². The van der Waals surface area contributed by atoms with E-state index >= 15 is 0 Å². The van der Waals surface area contributed by atoms with E-state index in [4.69, 9.17) is 9.47 Å².